The summed E-state index contributed by atoms with van der Waals surface area (Å²) >= 11 is 1.80. The highest BCUT2D eigenvalue weighted by Crippen LogP contribution is 2.36. The summed E-state index contributed by atoms with van der Waals surface area (Å²) in [6.07, 6.45) is 4.10. The number of hydrogen-bond acceptors (Lipinski definition) is 3. The number of thiophene rings is 1. The smallest absolute Gasteiger partial charge is 0.237 e. The number of carbonyl (C=O) groups excluding carboxylic acids is 1. The van der Waals surface area contributed by atoms with Crippen LogP contribution in [0.25, 0.3) is 0 Å². The van der Waals surface area contributed by atoms with Crippen molar-refractivity contribution in [1.82, 2.24) is 9.80 Å². The van der Waals surface area contributed by atoms with Gasteiger partial charge in [0.2, 0.25) is 5.91 Å². The van der Waals surface area contributed by atoms with E-state index in [0.29, 0.717) is 24.7 Å². The van der Waals surface area contributed by atoms with Crippen molar-refractivity contribution in [3.63, 3.8) is 0 Å². The Hall–Kier alpha value is -1.72. The number of halogens is 1. The minimum Gasteiger partial charge on any atom is -0.334 e. The van der Waals surface area contributed by atoms with Crippen LogP contribution in [0, 0.1) is 5.82 Å². The predicted molar refractivity (Wildman–Crippen MR) is 103 cm³/mol. The van der Waals surface area contributed by atoms with Crippen molar-refractivity contribution in [3.8, 4) is 0 Å². The molecule has 0 bridgehead atoms. The largest absolute Gasteiger partial charge is 0.334 e. The van der Waals surface area contributed by atoms with Crippen LogP contribution >= 0.6 is 11.3 Å². The Morgan fingerprint density at radius 2 is 2.12 bits per heavy atom. The maximum absolute atomic E-state index is 14.1. The van der Waals surface area contributed by atoms with Crippen LogP contribution in [-0.2, 0) is 17.8 Å². The van der Waals surface area contributed by atoms with E-state index in [0.717, 1.165) is 32.2 Å². The van der Waals surface area contributed by atoms with E-state index in [1.165, 1.54) is 16.5 Å². The third-order valence-corrected chi connectivity index (χ3v) is 6.53. The van der Waals surface area contributed by atoms with Gasteiger partial charge in [0.15, 0.2) is 0 Å². The number of carbonyl (C=O) groups is 1. The number of hydrogen-bond donors (Lipinski definition) is 0. The third-order valence-electron chi connectivity index (χ3n) is 5.53. The summed E-state index contributed by atoms with van der Waals surface area (Å²) in [5.41, 5.74) is 2.00. The standard InChI is InChI=1S/C21H25FN2OS/c1-2-19-17-10-12-26-20(17)9-11-24(19)21(25)14-23(16-7-8-16)13-15-5-3-4-6-18(15)22/h3-6,10,12,16,19H,2,7-9,11,13-14H2,1H3. The van der Waals surface area contributed by atoms with Crippen LogP contribution in [0.15, 0.2) is 35.7 Å². The monoisotopic (exact) mass is 372 g/mol. The van der Waals surface area contributed by atoms with Crippen molar-refractivity contribution in [1.29, 1.82) is 0 Å². The average Bonchev–Trinajstić information content (AvgIpc) is 3.38. The van der Waals surface area contributed by atoms with Crippen molar-refractivity contribution in [2.45, 2.75) is 51.2 Å². The second-order valence-electron chi connectivity index (χ2n) is 7.29. The molecule has 1 saturated carbocycles. The SMILES string of the molecule is CCC1c2ccsc2CCN1C(=O)CN(Cc1ccccc1F)C1CC1. The van der Waals surface area contributed by atoms with Crippen LogP contribution in [0.2, 0.25) is 0 Å². The van der Waals surface area contributed by atoms with E-state index < -0.39 is 0 Å². The molecule has 0 radical (unpaired) electrons. The first kappa shape index (κ1) is 17.7. The Balaban J connectivity index is 1.48. The van der Waals surface area contributed by atoms with Crippen LogP contribution in [0.5, 0.6) is 0 Å². The third kappa shape index (κ3) is 3.55. The number of fused-ring (bicyclic) bond motifs is 1. The fraction of sp³-hybridized carbons (Fsp3) is 0.476. The van der Waals surface area contributed by atoms with Gasteiger partial charge in [-0.05, 0) is 48.8 Å². The van der Waals surface area contributed by atoms with Crippen LogP contribution in [0.4, 0.5) is 4.39 Å². The van der Waals surface area contributed by atoms with E-state index in [9.17, 15) is 9.18 Å². The molecular formula is C21H25FN2OS. The molecule has 3 nitrogen and oxygen atoms in total. The van der Waals surface area contributed by atoms with Crippen molar-refractivity contribution in [3.05, 3.63) is 57.5 Å². The van der Waals surface area contributed by atoms with Gasteiger partial charge < -0.3 is 4.90 Å². The van der Waals surface area contributed by atoms with Crippen LogP contribution in [-0.4, -0.2) is 34.8 Å². The van der Waals surface area contributed by atoms with Gasteiger partial charge in [0.25, 0.3) is 0 Å². The fourth-order valence-electron chi connectivity index (χ4n) is 4.00. The minimum absolute atomic E-state index is 0.178. The van der Waals surface area contributed by atoms with Gasteiger partial charge in [-0.25, -0.2) is 4.39 Å². The zero-order chi connectivity index (χ0) is 18.1. The second-order valence-corrected chi connectivity index (χ2v) is 8.29. The lowest BCUT2D eigenvalue weighted by Gasteiger charge is -2.37. The quantitative estimate of drug-likeness (QED) is 0.751. The number of amides is 1. The summed E-state index contributed by atoms with van der Waals surface area (Å²) in [6, 6.07) is 9.67. The van der Waals surface area contributed by atoms with E-state index in [1.807, 2.05) is 17.0 Å². The maximum atomic E-state index is 14.1. The summed E-state index contributed by atoms with van der Waals surface area (Å²) in [5, 5.41) is 2.13. The summed E-state index contributed by atoms with van der Waals surface area (Å²) in [6.45, 7) is 3.84. The lowest BCUT2D eigenvalue weighted by molar-refractivity contribution is -0.135. The molecular weight excluding hydrogens is 347 g/mol. The molecule has 1 aromatic heterocycles. The maximum Gasteiger partial charge on any atom is 0.237 e. The molecule has 2 aromatic rings. The van der Waals surface area contributed by atoms with Crippen molar-refractivity contribution in [2.75, 3.05) is 13.1 Å². The average molecular weight is 373 g/mol. The van der Waals surface area contributed by atoms with Gasteiger partial charge in [0.1, 0.15) is 5.82 Å². The zero-order valence-electron chi connectivity index (χ0n) is 15.2. The summed E-state index contributed by atoms with van der Waals surface area (Å²) in [5.74, 6) is -0.00476. The first-order valence-electron chi connectivity index (χ1n) is 9.50. The number of benzene rings is 1. The van der Waals surface area contributed by atoms with E-state index in [2.05, 4.69) is 23.3 Å². The topological polar surface area (TPSA) is 23.6 Å². The molecule has 1 atom stereocenters. The molecule has 2 heterocycles. The molecule has 1 aliphatic heterocycles. The van der Waals surface area contributed by atoms with Gasteiger partial charge in [0.05, 0.1) is 12.6 Å². The van der Waals surface area contributed by atoms with Crippen LogP contribution in [0.1, 0.15) is 48.2 Å². The van der Waals surface area contributed by atoms with Crippen molar-refractivity contribution >= 4 is 17.2 Å². The Bertz CT molecular complexity index is 786. The normalized spacial score (nSPS) is 19.7. The summed E-state index contributed by atoms with van der Waals surface area (Å²) in [4.78, 5) is 18.7. The van der Waals surface area contributed by atoms with Crippen LogP contribution < -0.4 is 0 Å². The molecule has 0 spiro atoms. The van der Waals surface area contributed by atoms with Crippen molar-refractivity contribution in [2.24, 2.45) is 0 Å². The molecule has 138 valence electrons. The first-order chi connectivity index (χ1) is 12.7. The molecule has 0 saturated heterocycles. The molecule has 2 aliphatic rings. The lowest BCUT2D eigenvalue weighted by Crippen LogP contribution is -2.45. The molecule has 5 heteroatoms. The molecule has 1 aliphatic carbocycles. The highest BCUT2D eigenvalue weighted by atomic mass is 32.1. The minimum atomic E-state index is -0.182. The predicted octanol–water partition coefficient (Wildman–Crippen LogP) is 4.39. The molecule has 26 heavy (non-hydrogen) atoms. The van der Waals surface area contributed by atoms with Crippen molar-refractivity contribution < 1.29 is 9.18 Å². The van der Waals surface area contributed by atoms with Gasteiger partial charge in [-0.15, -0.1) is 11.3 Å². The van der Waals surface area contributed by atoms with Gasteiger partial charge in [-0.3, -0.25) is 9.69 Å². The summed E-state index contributed by atoms with van der Waals surface area (Å²) in [7, 11) is 0. The van der Waals surface area contributed by atoms with E-state index in [-0.39, 0.29) is 17.8 Å². The Morgan fingerprint density at radius 3 is 2.85 bits per heavy atom. The number of nitrogens with zero attached hydrogens (tertiary/aromatic N) is 2. The highest BCUT2D eigenvalue weighted by molar-refractivity contribution is 7.10. The fourth-order valence-corrected chi connectivity index (χ4v) is 4.93. The first-order valence-corrected chi connectivity index (χ1v) is 10.4. The zero-order valence-corrected chi connectivity index (χ0v) is 16.0. The Morgan fingerprint density at radius 1 is 1.31 bits per heavy atom. The van der Waals surface area contributed by atoms with Gasteiger partial charge in [-0.2, -0.15) is 0 Å². The van der Waals surface area contributed by atoms with E-state index >= 15 is 0 Å². The summed E-state index contributed by atoms with van der Waals surface area (Å²) < 4.78 is 14.1. The lowest BCUT2D eigenvalue weighted by atomic mass is 9.97. The van der Waals surface area contributed by atoms with Gasteiger partial charge in [0, 0.05) is 29.6 Å². The second kappa shape index (κ2) is 7.49. The van der Waals surface area contributed by atoms with Gasteiger partial charge in [-0.1, -0.05) is 25.1 Å². The van der Waals surface area contributed by atoms with E-state index in [1.54, 1.807) is 17.4 Å². The molecule has 1 fully saturated rings. The molecule has 0 N–H and O–H groups in total. The number of rotatable bonds is 6. The highest BCUT2D eigenvalue weighted by Gasteiger charge is 2.35. The molecule has 1 unspecified atom stereocenters. The van der Waals surface area contributed by atoms with Gasteiger partial charge >= 0.3 is 0 Å². The molecule has 4 rings (SSSR count). The van der Waals surface area contributed by atoms with Crippen LogP contribution in [0.3, 0.4) is 0 Å². The molecule has 1 aromatic carbocycles. The Labute approximate surface area is 158 Å². The van der Waals surface area contributed by atoms with E-state index in [4.69, 9.17) is 0 Å². The Kier molecular flexibility index (Phi) is 5.09. The molecule has 1 amide bonds.